The maximum absolute atomic E-state index is 5.28. The standard InChI is InChI=1S/C12H20N4O.ClH/c1-2-3-11-14-12(17-15-11)8-16-6-9-4-13-5-10(9)7-16;/h9-10,13H,2-8H2,1H3;1H/t9-,10+;. The molecule has 2 aliphatic rings. The molecule has 1 N–H and O–H groups in total. The summed E-state index contributed by atoms with van der Waals surface area (Å²) >= 11 is 0. The summed E-state index contributed by atoms with van der Waals surface area (Å²) in [7, 11) is 0. The minimum absolute atomic E-state index is 0. The third kappa shape index (κ3) is 2.84. The van der Waals surface area contributed by atoms with E-state index in [0.717, 1.165) is 42.9 Å². The highest BCUT2D eigenvalue weighted by Gasteiger charge is 2.36. The molecule has 5 nitrogen and oxygen atoms in total. The van der Waals surface area contributed by atoms with E-state index in [1.54, 1.807) is 0 Å². The molecule has 0 amide bonds. The summed E-state index contributed by atoms with van der Waals surface area (Å²) in [6.07, 6.45) is 1.98. The number of aromatic nitrogens is 2. The van der Waals surface area contributed by atoms with Crippen molar-refractivity contribution in [3.63, 3.8) is 0 Å². The molecule has 2 aliphatic heterocycles. The fourth-order valence-corrected chi connectivity index (χ4v) is 2.95. The number of nitrogens with one attached hydrogen (secondary N) is 1. The van der Waals surface area contributed by atoms with E-state index in [4.69, 9.17) is 4.52 Å². The molecule has 102 valence electrons. The zero-order chi connectivity index (χ0) is 11.7. The maximum atomic E-state index is 5.28. The third-order valence-corrected chi connectivity index (χ3v) is 3.81. The van der Waals surface area contributed by atoms with Crippen molar-refractivity contribution in [2.75, 3.05) is 26.2 Å². The lowest BCUT2D eigenvalue weighted by atomic mass is 10.0. The summed E-state index contributed by atoms with van der Waals surface area (Å²) in [5.74, 6) is 3.28. The first-order valence-corrected chi connectivity index (χ1v) is 6.59. The highest BCUT2D eigenvalue weighted by Crippen LogP contribution is 2.27. The smallest absolute Gasteiger partial charge is 0.240 e. The summed E-state index contributed by atoms with van der Waals surface area (Å²) in [5.41, 5.74) is 0. The molecule has 0 bridgehead atoms. The Morgan fingerprint density at radius 3 is 2.72 bits per heavy atom. The Labute approximate surface area is 114 Å². The molecule has 0 radical (unpaired) electrons. The number of rotatable bonds is 4. The van der Waals surface area contributed by atoms with Crippen molar-refractivity contribution in [3.8, 4) is 0 Å². The molecule has 3 rings (SSSR count). The van der Waals surface area contributed by atoms with Crippen LogP contribution in [-0.2, 0) is 13.0 Å². The lowest BCUT2D eigenvalue weighted by molar-refractivity contribution is 0.253. The molecule has 0 aliphatic carbocycles. The third-order valence-electron chi connectivity index (χ3n) is 3.81. The Morgan fingerprint density at radius 2 is 2.06 bits per heavy atom. The Morgan fingerprint density at radius 1 is 1.33 bits per heavy atom. The van der Waals surface area contributed by atoms with Crippen LogP contribution in [0.4, 0.5) is 0 Å². The van der Waals surface area contributed by atoms with Gasteiger partial charge in [-0.1, -0.05) is 12.1 Å². The van der Waals surface area contributed by atoms with Crippen LogP contribution in [0.15, 0.2) is 4.52 Å². The molecule has 6 heteroatoms. The Hall–Kier alpha value is -0.650. The number of hydrogen-bond donors (Lipinski definition) is 1. The van der Waals surface area contributed by atoms with Crippen LogP contribution in [0.5, 0.6) is 0 Å². The zero-order valence-electron chi connectivity index (χ0n) is 10.8. The van der Waals surface area contributed by atoms with Gasteiger partial charge in [-0.25, -0.2) is 0 Å². The molecule has 0 aromatic carbocycles. The molecule has 2 atom stereocenters. The highest BCUT2D eigenvalue weighted by molar-refractivity contribution is 5.85. The van der Waals surface area contributed by atoms with E-state index in [-0.39, 0.29) is 12.4 Å². The molecule has 0 unspecified atom stereocenters. The van der Waals surface area contributed by atoms with Crippen molar-refractivity contribution in [3.05, 3.63) is 11.7 Å². The van der Waals surface area contributed by atoms with Gasteiger partial charge in [0.1, 0.15) is 0 Å². The number of hydrogen-bond acceptors (Lipinski definition) is 5. The van der Waals surface area contributed by atoms with Crippen molar-refractivity contribution in [2.45, 2.75) is 26.3 Å². The Balaban J connectivity index is 0.00000120. The average Bonchev–Trinajstić information content (AvgIpc) is 2.95. The van der Waals surface area contributed by atoms with Crippen LogP contribution in [0.3, 0.4) is 0 Å². The molecular formula is C12H21ClN4O. The van der Waals surface area contributed by atoms with Gasteiger partial charge in [0.25, 0.3) is 0 Å². The van der Waals surface area contributed by atoms with Gasteiger partial charge in [-0.3, -0.25) is 4.90 Å². The molecule has 0 saturated carbocycles. The lowest BCUT2D eigenvalue weighted by Crippen LogP contribution is -2.25. The highest BCUT2D eigenvalue weighted by atomic mass is 35.5. The van der Waals surface area contributed by atoms with Crippen molar-refractivity contribution in [1.82, 2.24) is 20.4 Å². The fraction of sp³-hybridized carbons (Fsp3) is 0.833. The first-order chi connectivity index (χ1) is 8.35. The minimum atomic E-state index is 0. The molecule has 1 aromatic rings. The second-order valence-electron chi connectivity index (χ2n) is 5.23. The summed E-state index contributed by atoms with van der Waals surface area (Å²) in [6.45, 7) is 7.64. The van der Waals surface area contributed by atoms with Crippen LogP contribution in [-0.4, -0.2) is 41.2 Å². The van der Waals surface area contributed by atoms with Crippen LogP contribution in [0, 0.1) is 11.8 Å². The van der Waals surface area contributed by atoms with Gasteiger partial charge in [0.15, 0.2) is 5.82 Å². The lowest BCUT2D eigenvalue weighted by Gasteiger charge is -2.13. The van der Waals surface area contributed by atoms with E-state index < -0.39 is 0 Å². The van der Waals surface area contributed by atoms with Gasteiger partial charge in [0.2, 0.25) is 5.89 Å². The maximum Gasteiger partial charge on any atom is 0.240 e. The van der Waals surface area contributed by atoms with Crippen molar-refractivity contribution in [1.29, 1.82) is 0 Å². The molecular weight excluding hydrogens is 252 g/mol. The first kappa shape index (κ1) is 13.8. The Bertz CT molecular complexity index is 372. The number of halogens is 1. The summed E-state index contributed by atoms with van der Waals surface area (Å²) < 4.78 is 5.28. The van der Waals surface area contributed by atoms with E-state index in [1.807, 2.05) is 0 Å². The van der Waals surface area contributed by atoms with E-state index in [0.29, 0.717) is 0 Å². The van der Waals surface area contributed by atoms with Crippen LogP contribution in [0.2, 0.25) is 0 Å². The van der Waals surface area contributed by atoms with Crippen LogP contribution < -0.4 is 5.32 Å². The van der Waals surface area contributed by atoms with E-state index in [2.05, 4.69) is 27.3 Å². The van der Waals surface area contributed by atoms with Crippen molar-refractivity contribution >= 4 is 12.4 Å². The van der Waals surface area contributed by atoms with E-state index >= 15 is 0 Å². The monoisotopic (exact) mass is 272 g/mol. The van der Waals surface area contributed by atoms with E-state index in [9.17, 15) is 0 Å². The summed E-state index contributed by atoms with van der Waals surface area (Å²) in [5, 5.41) is 7.45. The molecule has 3 heterocycles. The molecule has 18 heavy (non-hydrogen) atoms. The second-order valence-corrected chi connectivity index (χ2v) is 5.23. The van der Waals surface area contributed by atoms with Gasteiger partial charge < -0.3 is 9.84 Å². The van der Waals surface area contributed by atoms with Gasteiger partial charge in [0.05, 0.1) is 6.54 Å². The first-order valence-electron chi connectivity index (χ1n) is 6.59. The quantitative estimate of drug-likeness (QED) is 0.889. The molecule has 1 aromatic heterocycles. The van der Waals surface area contributed by atoms with Gasteiger partial charge in [-0.15, -0.1) is 12.4 Å². The summed E-state index contributed by atoms with van der Waals surface area (Å²) in [6, 6.07) is 0. The predicted octanol–water partition coefficient (Wildman–Crippen LogP) is 1.10. The number of fused-ring (bicyclic) bond motifs is 1. The average molecular weight is 273 g/mol. The van der Waals surface area contributed by atoms with Crippen LogP contribution >= 0.6 is 12.4 Å². The molecule has 2 saturated heterocycles. The van der Waals surface area contributed by atoms with E-state index in [1.165, 1.54) is 26.2 Å². The van der Waals surface area contributed by atoms with Gasteiger partial charge >= 0.3 is 0 Å². The zero-order valence-corrected chi connectivity index (χ0v) is 11.6. The normalized spacial score (nSPS) is 27.2. The number of nitrogens with zero attached hydrogens (tertiary/aromatic N) is 3. The van der Waals surface area contributed by atoms with Crippen molar-refractivity contribution in [2.24, 2.45) is 11.8 Å². The SMILES string of the molecule is CCCc1noc(CN2C[C@H]3CNC[C@H]3C2)n1.Cl. The van der Waals surface area contributed by atoms with Gasteiger partial charge in [-0.2, -0.15) is 4.98 Å². The number of aryl methyl sites for hydroxylation is 1. The van der Waals surface area contributed by atoms with Crippen LogP contribution in [0.25, 0.3) is 0 Å². The predicted molar refractivity (Wildman–Crippen MR) is 70.7 cm³/mol. The number of likely N-dealkylation sites (tertiary alicyclic amines) is 1. The van der Waals surface area contributed by atoms with Gasteiger partial charge in [0, 0.05) is 19.5 Å². The Kier molecular flexibility index (Phi) is 4.59. The van der Waals surface area contributed by atoms with Gasteiger partial charge in [-0.05, 0) is 31.3 Å². The molecule has 0 spiro atoms. The largest absolute Gasteiger partial charge is 0.338 e. The van der Waals surface area contributed by atoms with Crippen LogP contribution in [0.1, 0.15) is 25.1 Å². The summed E-state index contributed by atoms with van der Waals surface area (Å²) in [4.78, 5) is 6.87. The molecule has 2 fully saturated rings. The minimum Gasteiger partial charge on any atom is -0.338 e. The van der Waals surface area contributed by atoms with Crippen molar-refractivity contribution < 1.29 is 4.52 Å². The second kappa shape index (κ2) is 5.99. The topological polar surface area (TPSA) is 54.2 Å². The fourth-order valence-electron chi connectivity index (χ4n) is 2.95.